The highest BCUT2D eigenvalue weighted by Crippen LogP contribution is 2.19. The van der Waals surface area contributed by atoms with Crippen LogP contribution in [0.25, 0.3) is 0 Å². The minimum Gasteiger partial charge on any atom is -0.392 e. The molecule has 17 heavy (non-hydrogen) atoms. The highest BCUT2D eigenvalue weighted by atomic mass is 19.1. The molecule has 1 aliphatic rings. The van der Waals surface area contributed by atoms with Gasteiger partial charge in [0, 0.05) is 18.2 Å². The van der Waals surface area contributed by atoms with E-state index in [1.807, 2.05) is 0 Å². The minimum atomic E-state index is -0.438. The van der Waals surface area contributed by atoms with Gasteiger partial charge < -0.3 is 10.4 Å². The Morgan fingerprint density at radius 2 is 2.00 bits per heavy atom. The van der Waals surface area contributed by atoms with Crippen molar-refractivity contribution < 1.29 is 13.9 Å². The molecule has 1 aromatic rings. The molecule has 0 aliphatic heterocycles. The molecule has 0 aromatic heterocycles. The first-order valence-electron chi connectivity index (χ1n) is 6.02. The van der Waals surface area contributed by atoms with Gasteiger partial charge in [-0.15, -0.1) is 0 Å². The number of benzene rings is 1. The van der Waals surface area contributed by atoms with Crippen LogP contribution in [0.1, 0.15) is 31.2 Å². The van der Waals surface area contributed by atoms with Gasteiger partial charge in [-0.25, -0.2) is 8.78 Å². The zero-order valence-electron chi connectivity index (χ0n) is 9.63. The highest BCUT2D eigenvalue weighted by molar-refractivity contribution is 5.18. The van der Waals surface area contributed by atoms with Gasteiger partial charge in [-0.1, -0.05) is 12.8 Å². The fourth-order valence-corrected chi connectivity index (χ4v) is 2.27. The number of aliphatic hydroxyl groups excluding tert-OH is 1. The van der Waals surface area contributed by atoms with E-state index in [4.69, 9.17) is 0 Å². The summed E-state index contributed by atoms with van der Waals surface area (Å²) in [4.78, 5) is 0. The molecule has 0 amide bonds. The first kappa shape index (κ1) is 12.5. The van der Waals surface area contributed by atoms with Crippen LogP contribution in [-0.2, 0) is 6.54 Å². The van der Waals surface area contributed by atoms with Crippen molar-refractivity contribution in [1.82, 2.24) is 5.32 Å². The fraction of sp³-hybridized carbons (Fsp3) is 0.538. The van der Waals surface area contributed by atoms with Gasteiger partial charge in [-0.05, 0) is 31.0 Å². The summed E-state index contributed by atoms with van der Waals surface area (Å²) in [5, 5.41) is 12.8. The molecule has 2 atom stereocenters. The van der Waals surface area contributed by atoms with E-state index in [9.17, 15) is 13.9 Å². The predicted molar refractivity (Wildman–Crippen MR) is 61.5 cm³/mol. The van der Waals surface area contributed by atoms with Gasteiger partial charge >= 0.3 is 0 Å². The SMILES string of the molecule is O[C@@H]1CCCC[C@H]1NCc1cc(F)ccc1F. The fourth-order valence-electron chi connectivity index (χ4n) is 2.27. The van der Waals surface area contributed by atoms with Crippen molar-refractivity contribution in [2.75, 3.05) is 0 Å². The molecule has 0 heterocycles. The molecule has 0 radical (unpaired) electrons. The van der Waals surface area contributed by atoms with Gasteiger partial charge in [0.2, 0.25) is 0 Å². The van der Waals surface area contributed by atoms with Gasteiger partial charge in [0.25, 0.3) is 0 Å². The van der Waals surface area contributed by atoms with Gasteiger partial charge in [0.15, 0.2) is 0 Å². The van der Waals surface area contributed by atoms with E-state index in [0.29, 0.717) is 5.56 Å². The molecule has 4 heteroatoms. The van der Waals surface area contributed by atoms with Crippen LogP contribution in [0.3, 0.4) is 0 Å². The molecule has 0 spiro atoms. The topological polar surface area (TPSA) is 32.3 Å². The van der Waals surface area contributed by atoms with Gasteiger partial charge in [0.05, 0.1) is 6.10 Å². The Morgan fingerprint density at radius 1 is 1.24 bits per heavy atom. The molecule has 0 saturated heterocycles. The zero-order valence-corrected chi connectivity index (χ0v) is 9.63. The van der Waals surface area contributed by atoms with Crippen molar-refractivity contribution in [1.29, 1.82) is 0 Å². The number of rotatable bonds is 3. The van der Waals surface area contributed by atoms with Crippen molar-refractivity contribution >= 4 is 0 Å². The van der Waals surface area contributed by atoms with E-state index in [1.54, 1.807) is 0 Å². The Bertz CT molecular complexity index is 384. The van der Waals surface area contributed by atoms with Gasteiger partial charge in [0.1, 0.15) is 11.6 Å². The lowest BCUT2D eigenvalue weighted by molar-refractivity contribution is 0.0901. The number of halogens is 2. The van der Waals surface area contributed by atoms with Gasteiger partial charge in [-0.2, -0.15) is 0 Å². The van der Waals surface area contributed by atoms with E-state index in [0.717, 1.165) is 37.8 Å². The quantitative estimate of drug-likeness (QED) is 0.851. The molecule has 2 nitrogen and oxygen atoms in total. The van der Waals surface area contributed by atoms with Crippen LogP contribution < -0.4 is 5.32 Å². The second kappa shape index (κ2) is 5.56. The first-order valence-corrected chi connectivity index (χ1v) is 6.02. The summed E-state index contributed by atoms with van der Waals surface area (Å²) in [5.74, 6) is -0.850. The predicted octanol–water partition coefficient (Wildman–Crippen LogP) is 2.36. The Labute approximate surface area is 99.7 Å². The second-order valence-electron chi connectivity index (χ2n) is 4.57. The normalized spacial score (nSPS) is 24.9. The monoisotopic (exact) mass is 241 g/mol. The molecule has 94 valence electrons. The lowest BCUT2D eigenvalue weighted by Crippen LogP contribution is -2.41. The number of hydrogen-bond donors (Lipinski definition) is 2. The van der Waals surface area contributed by atoms with Crippen LogP contribution in [0.2, 0.25) is 0 Å². The summed E-state index contributed by atoms with van der Waals surface area (Å²) < 4.78 is 26.3. The van der Waals surface area contributed by atoms with Crippen LogP contribution in [-0.4, -0.2) is 17.3 Å². The molecule has 1 fully saturated rings. The number of hydrogen-bond acceptors (Lipinski definition) is 2. The highest BCUT2D eigenvalue weighted by Gasteiger charge is 2.22. The number of nitrogens with one attached hydrogen (secondary N) is 1. The van der Waals surface area contributed by atoms with Crippen LogP contribution in [0.4, 0.5) is 8.78 Å². The van der Waals surface area contributed by atoms with Crippen molar-refractivity contribution in [2.24, 2.45) is 0 Å². The molecule has 2 N–H and O–H groups in total. The summed E-state index contributed by atoms with van der Waals surface area (Å²) in [6, 6.07) is 3.42. The van der Waals surface area contributed by atoms with E-state index in [1.165, 1.54) is 6.07 Å². The summed E-state index contributed by atoms with van der Waals surface area (Å²) >= 11 is 0. The van der Waals surface area contributed by atoms with Crippen molar-refractivity contribution in [3.63, 3.8) is 0 Å². The van der Waals surface area contributed by atoms with E-state index >= 15 is 0 Å². The van der Waals surface area contributed by atoms with Crippen molar-refractivity contribution in [3.05, 3.63) is 35.4 Å². The van der Waals surface area contributed by atoms with Gasteiger partial charge in [-0.3, -0.25) is 0 Å². The van der Waals surface area contributed by atoms with E-state index in [-0.39, 0.29) is 18.7 Å². The third-order valence-electron chi connectivity index (χ3n) is 3.29. The standard InChI is InChI=1S/C13H17F2NO/c14-10-5-6-11(15)9(7-10)8-16-12-3-1-2-4-13(12)17/h5-7,12-13,16-17H,1-4,8H2/t12-,13-/m1/s1. The molecule has 0 bridgehead atoms. The van der Waals surface area contributed by atoms with Crippen LogP contribution in [0.5, 0.6) is 0 Å². The third kappa shape index (κ3) is 3.23. The summed E-state index contributed by atoms with van der Waals surface area (Å²) in [7, 11) is 0. The van der Waals surface area contributed by atoms with E-state index in [2.05, 4.69) is 5.32 Å². The molecular formula is C13H17F2NO. The molecule has 1 aromatic carbocycles. The average Bonchev–Trinajstić information content (AvgIpc) is 2.32. The van der Waals surface area contributed by atoms with Crippen LogP contribution >= 0.6 is 0 Å². The third-order valence-corrected chi connectivity index (χ3v) is 3.29. The van der Waals surface area contributed by atoms with Crippen LogP contribution in [0.15, 0.2) is 18.2 Å². The van der Waals surface area contributed by atoms with Crippen LogP contribution in [0, 0.1) is 11.6 Å². The molecule has 1 saturated carbocycles. The second-order valence-corrected chi connectivity index (χ2v) is 4.57. The van der Waals surface area contributed by atoms with Crippen molar-refractivity contribution in [3.8, 4) is 0 Å². The molecule has 2 rings (SSSR count). The first-order chi connectivity index (χ1) is 8.16. The molecule has 0 unspecified atom stereocenters. The Hall–Kier alpha value is -1.00. The smallest absolute Gasteiger partial charge is 0.127 e. The maximum absolute atomic E-state index is 13.4. The summed E-state index contributed by atoms with van der Waals surface area (Å²) in [5.41, 5.74) is 0.308. The Balaban J connectivity index is 1.94. The molecular weight excluding hydrogens is 224 g/mol. The maximum Gasteiger partial charge on any atom is 0.127 e. The Kier molecular flexibility index (Phi) is 4.07. The lowest BCUT2D eigenvalue weighted by atomic mass is 9.92. The molecule has 1 aliphatic carbocycles. The Morgan fingerprint density at radius 3 is 2.76 bits per heavy atom. The number of aliphatic hydroxyl groups is 1. The minimum absolute atomic E-state index is 0.00795. The average molecular weight is 241 g/mol. The largest absolute Gasteiger partial charge is 0.392 e. The maximum atomic E-state index is 13.4. The zero-order chi connectivity index (χ0) is 12.3. The van der Waals surface area contributed by atoms with Crippen molar-refractivity contribution in [2.45, 2.75) is 44.4 Å². The summed E-state index contributed by atoms with van der Waals surface area (Å²) in [6.45, 7) is 0.255. The summed E-state index contributed by atoms with van der Waals surface area (Å²) in [6.07, 6.45) is 3.40. The lowest BCUT2D eigenvalue weighted by Gasteiger charge is -2.28. The van der Waals surface area contributed by atoms with E-state index < -0.39 is 11.6 Å².